The van der Waals surface area contributed by atoms with Crippen molar-refractivity contribution < 1.29 is 14.7 Å². The van der Waals surface area contributed by atoms with E-state index in [9.17, 15) is 9.59 Å². The third kappa shape index (κ3) is 1.55. The molecule has 0 aromatic heterocycles. The molecule has 0 heterocycles. The zero-order valence-electron chi connectivity index (χ0n) is 6.82. The summed E-state index contributed by atoms with van der Waals surface area (Å²) in [5.74, 6) is -1.77. The molecule has 3 nitrogen and oxygen atoms in total. The highest BCUT2D eigenvalue weighted by Crippen LogP contribution is 2.32. The minimum atomic E-state index is -0.854. The Morgan fingerprint density at radius 2 is 1.92 bits per heavy atom. The van der Waals surface area contributed by atoms with E-state index in [-0.39, 0.29) is 11.7 Å². The molecule has 1 saturated carbocycles. The van der Waals surface area contributed by atoms with Gasteiger partial charge in [-0.25, -0.2) is 0 Å². The van der Waals surface area contributed by atoms with Crippen LogP contribution < -0.4 is 0 Å². The van der Waals surface area contributed by atoms with Crippen LogP contribution in [0.25, 0.3) is 0 Å². The Labute approximate surface area is 71.1 Å². The average Bonchev–Trinajstić information content (AvgIpc) is 2.50. The third-order valence-electron chi connectivity index (χ3n) is 2.40. The molecule has 2 atom stereocenters. The van der Waals surface area contributed by atoms with Gasteiger partial charge in [0, 0.05) is 5.92 Å². The Bertz CT molecular complexity index is 220. The molecule has 1 aliphatic rings. The first kappa shape index (κ1) is 8.97. The largest absolute Gasteiger partial charge is 0.481 e. The second-order valence-corrected chi connectivity index (χ2v) is 3.09. The van der Waals surface area contributed by atoms with Gasteiger partial charge in [-0.05, 0) is 18.9 Å². The van der Waals surface area contributed by atoms with Gasteiger partial charge in [-0.15, -0.1) is 0 Å². The van der Waals surface area contributed by atoms with Crippen molar-refractivity contribution in [1.82, 2.24) is 0 Å². The molecular formula is C9H12O3. The van der Waals surface area contributed by atoms with Gasteiger partial charge in [0.05, 0.1) is 5.92 Å². The first-order valence-corrected chi connectivity index (χ1v) is 4.06. The number of carboxylic acid groups (broad SMARTS) is 1. The molecule has 0 aliphatic heterocycles. The van der Waals surface area contributed by atoms with E-state index >= 15 is 0 Å². The molecule has 66 valence electrons. The van der Waals surface area contributed by atoms with E-state index < -0.39 is 11.9 Å². The molecule has 1 fully saturated rings. The van der Waals surface area contributed by atoms with E-state index in [4.69, 9.17) is 5.11 Å². The standard InChI is InChI=1S/C9H12O3/c1-2-8(10)6-4-3-5-7(6)9(11)12/h2,6-7H,1,3-5H2,(H,11,12)/t6?,7-/m1/s1. The topological polar surface area (TPSA) is 54.4 Å². The molecule has 0 bridgehead atoms. The molecule has 1 N–H and O–H groups in total. The second-order valence-electron chi connectivity index (χ2n) is 3.09. The minimum Gasteiger partial charge on any atom is -0.481 e. The summed E-state index contributed by atoms with van der Waals surface area (Å²) in [5.41, 5.74) is 0. The highest BCUT2D eigenvalue weighted by atomic mass is 16.4. The van der Waals surface area contributed by atoms with Crippen LogP contribution in [0.4, 0.5) is 0 Å². The number of carboxylic acids is 1. The van der Waals surface area contributed by atoms with Gasteiger partial charge in [-0.3, -0.25) is 9.59 Å². The Hall–Kier alpha value is -1.12. The van der Waals surface area contributed by atoms with Crippen LogP contribution in [0.15, 0.2) is 12.7 Å². The van der Waals surface area contributed by atoms with Crippen LogP contribution in [0, 0.1) is 11.8 Å². The summed E-state index contributed by atoms with van der Waals surface area (Å²) in [6, 6.07) is 0. The van der Waals surface area contributed by atoms with Crippen molar-refractivity contribution >= 4 is 11.8 Å². The number of hydrogen-bond acceptors (Lipinski definition) is 2. The zero-order chi connectivity index (χ0) is 9.14. The van der Waals surface area contributed by atoms with Crippen LogP contribution in [0.5, 0.6) is 0 Å². The number of allylic oxidation sites excluding steroid dienone is 1. The van der Waals surface area contributed by atoms with Crippen molar-refractivity contribution in [2.75, 3.05) is 0 Å². The molecule has 0 saturated heterocycles. The smallest absolute Gasteiger partial charge is 0.307 e. The number of carbonyl (C=O) groups excluding carboxylic acids is 1. The van der Waals surface area contributed by atoms with Crippen molar-refractivity contribution in [3.8, 4) is 0 Å². The summed E-state index contributed by atoms with van der Waals surface area (Å²) in [4.78, 5) is 21.8. The average molecular weight is 168 g/mol. The lowest BCUT2D eigenvalue weighted by Crippen LogP contribution is -2.23. The lowest BCUT2D eigenvalue weighted by molar-refractivity contribution is -0.144. The maximum atomic E-state index is 11.1. The number of hydrogen-bond donors (Lipinski definition) is 1. The number of carbonyl (C=O) groups is 2. The van der Waals surface area contributed by atoms with Gasteiger partial charge in [0.2, 0.25) is 0 Å². The van der Waals surface area contributed by atoms with E-state index in [0.717, 1.165) is 6.42 Å². The fraction of sp³-hybridized carbons (Fsp3) is 0.556. The van der Waals surface area contributed by atoms with Gasteiger partial charge in [0.1, 0.15) is 0 Å². The molecule has 1 aliphatic carbocycles. The molecule has 1 unspecified atom stereocenters. The number of ketones is 1. The maximum Gasteiger partial charge on any atom is 0.307 e. The summed E-state index contributed by atoms with van der Waals surface area (Å²) >= 11 is 0. The molecule has 3 heteroatoms. The van der Waals surface area contributed by atoms with Crippen LogP contribution in [0.3, 0.4) is 0 Å². The summed E-state index contributed by atoms with van der Waals surface area (Å²) in [6.07, 6.45) is 3.38. The van der Waals surface area contributed by atoms with Gasteiger partial charge in [0.25, 0.3) is 0 Å². The van der Waals surface area contributed by atoms with E-state index in [2.05, 4.69) is 6.58 Å². The Kier molecular flexibility index (Phi) is 2.63. The first-order chi connectivity index (χ1) is 5.66. The second kappa shape index (κ2) is 3.52. The summed E-state index contributed by atoms with van der Waals surface area (Å²) in [6.45, 7) is 3.36. The van der Waals surface area contributed by atoms with Crippen molar-refractivity contribution in [3.63, 3.8) is 0 Å². The van der Waals surface area contributed by atoms with Crippen molar-refractivity contribution in [1.29, 1.82) is 0 Å². The van der Waals surface area contributed by atoms with Crippen molar-refractivity contribution in [3.05, 3.63) is 12.7 Å². The van der Waals surface area contributed by atoms with Gasteiger partial charge in [-0.2, -0.15) is 0 Å². The lowest BCUT2D eigenvalue weighted by Gasteiger charge is -2.11. The van der Waals surface area contributed by atoms with Gasteiger partial charge >= 0.3 is 5.97 Å². The third-order valence-corrected chi connectivity index (χ3v) is 2.40. The molecule has 0 aromatic carbocycles. The molecule has 12 heavy (non-hydrogen) atoms. The lowest BCUT2D eigenvalue weighted by atomic mass is 9.92. The fourth-order valence-corrected chi connectivity index (χ4v) is 1.75. The first-order valence-electron chi connectivity index (χ1n) is 4.06. The predicted molar refractivity (Wildman–Crippen MR) is 43.7 cm³/mol. The number of rotatable bonds is 3. The SMILES string of the molecule is C=CC(=O)C1CCC[C@H]1C(=O)O. The number of aliphatic carboxylic acids is 1. The predicted octanol–water partition coefficient (Wildman–Crippen LogP) is 1.24. The monoisotopic (exact) mass is 168 g/mol. The van der Waals surface area contributed by atoms with Crippen molar-refractivity contribution in [2.45, 2.75) is 19.3 Å². The van der Waals surface area contributed by atoms with Crippen LogP contribution in [-0.2, 0) is 9.59 Å². The van der Waals surface area contributed by atoms with Gasteiger partial charge < -0.3 is 5.11 Å². The Balaban J connectivity index is 2.69. The quantitative estimate of drug-likeness (QED) is 0.645. The zero-order valence-corrected chi connectivity index (χ0v) is 6.82. The fourth-order valence-electron chi connectivity index (χ4n) is 1.75. The van der Waals surface area contributed by atoms with E-state index in [1.54, 1.807) is 0 Å². The highest BCUT2D eigenvalue weighted by molar-refractivity contribution is 5.94. The highest BCUT2D eigenvalue weighted by Gasteiger charge is 2.36. The van der Waals surface area contributed by atoms with Gasteiger partial charge in [-0.1, -0.05) is 13.0 Å². The molecule has 0 amide bonds. The molecule has 1 rings (SSSR count). The molecule has 0 radical (unpaired) electrons. The Morgan fingerprint density at radius 3 is 2.42 bits per heavy atom. The van der Waals surface area contributed by atoms with E-state index in [1.807, 2.05) is 0 Å². The summed E-state index contributed by atoms with van der Waals surface area (Å²) in [5, 5.41) is 8.74. The van der Waals surface area contributed by atoms with Crippen molar-refractivity contribution in [2.24, 2.45) is 11.8 Å². The van der Waals surface area contributed by atoms with E-state index in [1.165, 1.54) is 6.08 Å². The van der Waals surface area contributed by atoms with E-state index in [0.29, 0.717) is 12.8 Å². The maximum absolute atomic E-state index is 11.1. The Morgan fingerprint density at radius 1 is 1.33 bits per heavy atom. The minimum absolute atomic E-state index is 0.125. The summed E-state index contributed by atoms with van der Waals surface area (Å²) < 4.78 is 0. The van der Waals surface area contributed by atoms with Crippen LogP contribution in [0.1, 0.15) is 19.3 Å². The molecule has 0 aromatic rings. The normalized spacial score (nSPS) is 28.3. The van der Waals surface area contributed by atoms with Crippen LogP contribution in [-0.4, -0.2) is 16.9 Å². The van der Waals surface area contributed by atoms with Crippen LogP contribution >= 0.6 is 0 Å². The molecule has 0 spiro atoms. The molecular weight excluding hydrogens is 156 g/mol. The van der Waals surface area contributed by atoms with Gasteiger partial charge in [0.15, 0.2) is 5.78 Å². The van der Waals surface area contributed by atoms with Crippen LogP contribution in [0.2, 0.25) is 0 Å². The summed E-state index contributed by atoms with van der Waals surface area (Å²) in [7, 11) is 0.